The van der Waals surface area contributed by atoms with Crippen LogP contribution in [0.15, 0.2) is 121 Å². The molecule has 2 fully saturated rings. The Hall–Kier alpha value is -6.41. The fraction of sp³-hybridized carbons (Fsp3) is 0.326. The molecule has 0 aliphatic carbocycles. The molecule has 2 aliphatic heterocycles. The summed E-state index contributed by atoms with van der Waals surface area (Å²) in [6, 6.07) is 29.9. The van der Waals surface area contributed by atoms with Crippen LogP contribution in [0, 0.1) is 23.0 Å². The number of benzene rings is 4. The van der Waals surface area contributed by atoms with E-state index in [2.05, 4.69) is 36.4 Å². The number of rotatable bonds is 14. The van der Waals surface area contributed by atoms with Crippen molar-refractivity contribution >= 4 is 11.4 Å². The second-order valence-corrected chi connectivity index (χ2v) is 14.7. The smallest absolute Gasteiger partial charge is 0.350 e. The van der Waals surface area contributed by atoms with Gasteiger partial charge in [0.1, 0.15) is 61.7 Å². The van der Waals surface area contributed by atoms with Crippen LogP contribution in [0.2, 0.25) is 0 Å². The van der Waals surface area contributed by atoms with Crippen LogP contribution < -0.4 is 25.5 Å². The summed E-state index contributed by atoms with van der Waals surface area (Å²) in [6.45, 7) is 7.44. The highest BCUT2D eigenvalue weighted by molar-refractivity contribution is 5.54. The Balaban J connectivity index is 0.828. The summed E-state index contributed by atoms with van der Waals surface area (Å²) < 4.78 is 51.5. The molecular formula is C43H44F2N10O4. The summed E-state index contributed by atoms with van der Waals surface area (Å²) in [7, 11) is 0. The largest absolute Gasteiger partial charge is 0.491 e. The molecule has 2 aromatic heterocycles. The van der Waals surface area contributed by atoms with Crippen molar-refractivity contribution in [3.63, 3.8) is 0 Å². The van der Waals surface area contributed by atoms with E-state index in [1.165, 1.54) is 45.0 Å². The molecule has 0 radical (unpaired) electrons. The first-order chi connectivity index (χ1) is 28.7. The van der Waals surface area contributed by atoms with Crippen LogP contribution in [-0.4, -0.2) is 80.7 Å². The minimum Gasteiger partial charge on any atom is -0.491 e. The molecule has 304 valence electrons. The predicted molar refractivity (Wildman–Crippen MR) is 215 cm³/mol. The molecule has 2 aliphatic rings. The van der Waals surface area contributed by atoms with Gasteiger partial charge < -0.3 is 24.0 Å². The van der Waals surface area contributed by atoms with Crippen molar-refractivity contribution in [1.29, 1.82) is 5.26 Å². The van der Waals surface area contributed by atoms with Crippen molar-refractivity contribution in [3.8, 4) is 17.5 Å². The summed E-state index contributed by atoms with van der Waals surface area (Å²) in [5.74, 6) is -2.35. The number of hydrogen-bond donors (Lipinski definition) is 1. The van der Waals surface area contributed by atoms with Gasteiger partial charge in [-0.15, -0.1) is 0 Å². The molecule has 0 spiro atoms. The highest BCUT2D eigenvalue weighted by Gasteiger charge is 2.46. The molecule has 59 heavy (non-hydrogen) atoms. The summed E-state index contributed by atoms with van der Waals surface area (Å²) in [4.78, 5) is 22.1. The van der Waals surface area contributed by atoms with E-state index in [1.807, 2.05) is 92.7 Å². The van der Waals surface area contributed by atoms with Crippen molar-refractivity contribution in [1.82, 2.24) is 34.4 Å². The molecule has 0 saturated carbocycles. The average Bonchev–Trinajstić information content (AvgIpc) is 4.03. The van der Waals surface area contributed by atoms with Crippen LogP contribution in [0.25, 0.3) is 5.69 Å². The number of halogens is 2. The normalized spacial score (nSPS) is 19.6. The Morgan fingerprint density at radius 3 is 2.22 bits per heavy atom. The van der Waals surface area contributed by atoms with Crippen LogP contribution in [0.1, 0.15) is 37.1 Å². The van der Waals surface area contributed by atoms with E-state index in [4.69, 9.17) is 14.2 Å². The predicted octanol–water partition coefficient (Wildman–Crippen LogP) is 5.38. The highest BCUT2D eigenvalue weighted by Crippen LogP contribution is 2.38. The molecule has 5 atom stereocenters. The van der Waals surface area contributed by atoms with E-state index < -0.39 is 29.6 Å². The molecule has 2 unspecified atom stereocenters. The zero-order chi connectivity index (χ0) is 40.9. The minimum atomic E-state index is -1.53. The van der Waals surface area contributed by atoms with Crippen molar-refractivity contribution in [2.24, 2.45) is 0 Å². The van der Waals surface area contributed by atoms with E-state index in [-0.39, 0.29) is 43.1 Å². The van der Waals surface area contributed by atoms with Crippen LogP contribution in [0.4, 0.5) is 20.2 Å². The maximum atomic E-state index is 14.9. The second-order valence-electron chi connectivity index (χ2n) is 14.7. The maximum Gasteiger partial charge on any atom is 0.350 e. The first-order valence-corrected chi connectivity index (χ1v) is 19.5. The number of anilines is 2. The van der Waals surface area contributed by atoms with Crippen LogP contribution >= 0.6 is 0 Å². The molecule has 6 aromatic rings. The first kappa shape index (κ1) is 39.4. The Morgan fingerprint density at radius 2 is 1.58 bits per heavy atom. The van der Waals surface area contributed by atoms with Gasteiger partial charge in [-0.25, -0.2) is 32.5 Å². The Bertz CT molecular complexity index is 2410. The molecule has 1 N–H and O–H groups in total. The second kappa shape index (κ2) is 17.2. The van der Waals surface area contributed by atoms with Gasteiger partial charge >= 0.3 is 5.69 Å². The zero-order valence-electron chi connectivity index (χ0n) is 32.6. The number of hydrogen-bond acceptors (Lipinski definition) is 11. The standard InChI is InChI=1S/C43H44F2N10O4/c1-30(50-41(23-46)32-6-4-3-5-7-32)31(2)55-42(56)54(29-49-55)36-11-9-34(10-12-36)51-18-20-52(21-19-51)35-13-15-37(16-14-35)57-24-38-25-58-43(59-38,26-53-28-47-27-48-53)39-17-8-33(44)22-40(39)45/h3-17,22,27-31,38,41,50H,18-21,24-26H2,1-2H3/t30?,31-,38+,41?,43-/m0/s1. The molecule has 0 bridgehead atoms. The maximum absolute atomic E-state index is 14.9. The van der Waals surface area contributed by atoms with Gasteiger partial charge in [0.05, 0.1) is 24.4 Å². The van der Waals surface area contributed by atoms with E-state index in [1.54, 1.807) is 0 Å². The highest BCUT2D eigenvalue weighted by atomic mass is 19.1. The van der Waals surface area contributed by atoms with Crippen molar-refractivity contribution in [2.45, 2.75) is 50.4 Å². The SMILES string of the molecule is CC(NC(C#N)c1ccccc1)[C@H](C)n1ncn(-c2ccc(N3CCN(c4ccc(OC[C@@H]5CO[C@](Cn6cncn6)(c6ccc(F)cc6F)O5)cc4)CC3)cc2)c1=O. The fourth-order valence-electron chi connectivity index (χ4n) is 7.51. The van der Waals surface area contributed by atoms with Crippen molar-refractivity contribution in [3.05, 3.63) is 149 Å². The average molecular weight is 803 g/mol. The number of piperazine rings is 1. The third-order valence-corrected chi connectivity index (χ3v) is 10.9. The molecule has 16 heteroatoms. The number of aromatic nitrogens is 6. The van der Waals surface area contributed by atoms with Crippen molar-refractivity contribution < 1.29 is 23.0 Å². The van der Waals surface area contributed by atoms with Gasteiger partial charge in [0.25, 0.3) is 0 Å². The number of nitrogens with one attached hydrogen (secondary N) is 1. The summed E-state index contributed by atoms with van der Waals surface area (Å²) in [5.41, 5.74) is 3.55. The monoisotopic (exact) mass is 802 g/mol. The third-order valence-electron chi connectivity index (χ3n) is 10.9. The lowest BCUT2D eigenvalue weighted by molar-refractivity contribution is -0.192. The lowest BCUT2D eigenvalue weighted by Gasteiger charge is -2.37. The number of ether oxygens (including phenoxy) is 3. The van der Waals surface area contributed by atoms with Crippen LogP contribution in [0.3, 0.4) is 0 Å². The Labute approximate surface area is 339 Å². The lowest BCUT2D eigenvalue weighted by Crippen LogP contribution is -2.46. The van der Waals surface area contributed by atoms with Crippen LogP contribution in [0.5, 0.6) is 5.75 Å². The molecule has 0 amide bonds. The lowest BCUT2D eigenvalue weighted by atomic mass is 10.0. The molecule has 14 nitrogen and oxygen atoms in total. The van der Waals surface area contributed by atoms with Gasteiger partial charge in [0, 0.05) is 55.2 Å². The molecule has 4 aromatic carbocycles. The van der Waals surface area contributed by atoms with Gasteiger partial charge in [-0.3, -0.25) is 5.32 Å². The Morgan fingerprint density at radius 1 is 0.898 bits per heavy atom. The van der Waals surface area contributed by atoms with Gasteiger partial charge in [-0.05, 0) is 80.1 Å². The van der Waals surface area contributed by atoms with Gasteiger partial charge in [-0.2, -0.15) is 15.5 Å². The minimum absolute atomic E-state index is 0.0211. The third kappa shape index (κ3) is 8.58. The molecular weight excluding hydrogens is 759 g/mol. The van der Waals surface area contributed by atoms with E-state index in [9.17, 15) is 18.8 Å². The number of nitriles is 1. The van der Waals surface area contributed by atoms with E-state index in [0.717, 1.165) is 54.9 Å². The van der Waals surface area contributed by atoms with Gasteiger partial charge in [0.2, 0.25) is 5.79 Å². The van der Waals surface area contributed by atoms with Gasteiger partial charge in [0.15, 0.2) is 0 Å². The summed E-state index contributed by atoms with van der Waals surface area (Å²) >= 11 is 0. The molecule has 8 rings (SSSR count). The Kier molecular flexibility index (Phi) is 11.5. The number of nitrogens with zero attached hydrogens (tertiary/aromatic N) is 9. The summed E-state index contributed by atoms with van der Waals surface area (Å²) in [6.07, 6.45) is 3.86. The van der Waals surface area contributed by atoms with Crippen molar-refractivity contribution in [2.75, 3.05) is 49.2 Å². The van der Waals surface area contributed by atoms with Crippen LogP contribution in [-0.2, 0) is 21.8 Å². The van der Waals surface area contributed by atoms with Gasteiger partial charge in [-0.1, -0.05) is 30.3 Å². The first-order valence-electron chi connectivity index (χ1n) is 19.5. The molecule has 2 saturated heterocycles. The quantitative estimate of drug-likeness (QED) is 0.152. The zero-order valence-corrected chi connectivity index (χ0v) is 32.6. The fourth-order valence-corrected chi connectivity index (χ4v) is 7.51. The molecule has 4 heterocycles. The van der Waals surface area contributed by atoms with E-state index in [0.29, 0.717) is 5.75 Å². The topological polar surface area (TPSA) is 141 Å². The van der Waals surface area contributed by atoms with E-state index >= 15 is 0 Å². The summed E-state index contributed by atoms with van der Waals surface area (Å²) in [5, 5.41) is 21.6.